The average molecular weight is 256 g/mol. The van der Waals surface area contributed by atoms with Crippen LogP contribution < -0.4 is 10.6 Å². The number of rotatable bonds is 3. The van der Waals surface area contributed by atoms with Crippen molar-refractivity contribution in [3.8, 4) is 0 Å². The number of hydrogen-bond acceptors (Lipinski definition) is 3. The van der Waals surface area contributed by atoms with Crippen molar-refractivity contribution < 1.29 is 9.53 Å². The molecule has 1 aliphatic carbocycles. The Morgan fingerprint density at radius 1 is 1.17 bits per heavy atom. The summed E-state index contributed by atoms with van der Waals surface area (Å²) in [5, 5.41) is 6.54. The molecule has 0 saturated heterocycles. The summed E-state index contributed by atoms with van der Waals surface area (Å²) in [6.07, 6.45) is 4.26. The van der Waals surface area contributed by atoms with Crippen LogP contribution in [0, 0.1) is 0 Å². The van der Waals surface area contributed by atoms with E-state index < -0.39 is 5.60 Å². The van der Waals surface area contributed by atoms with Gasteiger partial charge in [-0.05, 0) is 33.6 Å². The first kappa shape index (κ1) is 15.3. The van der Waals surface area contributed by atoms with Gasteiger partial charge in [0.05, 0.1) is 0 Å². The maximum atomic E-state index is 11.8. The van der Waals surface area contributed by atoms with E-state index in [4.69, 9.17) is 4.74 Å². The molecule has 0 aromatic heterocycles. The molecule has 1 rings (SSSR count). The molecule has 106 valence electrons. The Morgan fingerprint density at radius 2 is 1.72 bits per heavy atom. The van der Waals surface area contributed by atoms with Gasteiger partial charge in [-0.1, -0.05) is 26.7 Å². The highest BCUT2D eigenvalue weighted by atomic mass is 16.6. The highest BCUT2D eigenvalue weighted by Gasteiger charge is 2.28. The van der Waals surface area contributed by atoms with Crippen molar-refractivity contribution >= 4 is 6.09 Å². The van der Waals surface area contributed by atoms with E-state index in [-0.39, 0.29) is 12.1 Å². The van der Waals surface area contributed by atoms with Crippen LogP contribution in [-0.4, -0.2) is 29.8 Å². The average Bonchev–Trinajstić information content (AvgIpc) is 2.17. The number of carbonyl (C=O) groups excluding carboxylic acids is 1. The fraction of sp³-hybridized carbons (Fsp3) is 0.929. The summed E-state index contributed by atoms with van der Waals surface area (Å²) < 4.78 is 5.32. The van der Waals surface area contributed by atoms with E-state index in [0.29, 0.717) is 12.1 Å². The number of ether oxygens (including phenoxy) is 1. The van der Waals surface area contributed by atoms with Gasteiger partial charge in [-0.2, -0.15) is 0 Å². The minimum Gasteiger partial charge on any atom is -0.444 e. The van der Waals surface area contributed by atoms with E-state index in [0.717, 1.165) is 12.8 Å². The third-order valence-electron chi connectivity index (χ3n) is 3.02. The van der Waals surface area contributed by atoms with E-state index in [9.17, 15) is 4.79 Å². The van der Waals surface area contributed by atoms with Crippen LogP contribution in [0.15, 0.2) is 0 Å². The smallest absolute Gasteiger partial charge is 0.407 e. The molecule has 1 aliphatic rings. The molecule has 0 aliphatic heterocycles. The Kier molecular flexibility index (Phi) is 5.45. The summed E-state index contributed by atoms with van der Waals surface area (Å²) in [5.41, 5.74) is -0.431. The molecule has 1 amide bonds. The fourth-order valence-corrected chi connectivity index (χ4v) is 2.39. The Morgan fingerprint density at radius 3 is 2.22 bits per heavy atom. The minimum absolute atomic E-state index is 0.191. The highest BCUT2D eigenvalue weighted by molar-refractivity contribution is 5.68. The van der Waals surface area contributed by atoms with Gasteiger partial charge in [0.25, 0.3) is 0 Å². The van der Waals surface area contributed by atoms with E-state index in [1.807, 2.05) is 20.8 Å². The first-order chi connectivity index (χ1) is 8.28. The van der Waals surface area contributed by atoms with Gasteiger partial charge in [-0.25, -0.2) is 4.79 Å². The summed E-state index contributed by atoms with van der Waals surface area (Å²) in [5.74, 6) is 0. The van der Waals surface area contributed by atoms with Crippen LogP contribution in [0.25, 0.3) is 0 Å². The molecule has 18 heavy (non-hydrogen) atoms. The van der Waals surface area contributed by atoms with Crippen molar-refractivity contribution in [1.82, 2.24) is 10.6 Å². The van der Waals surface area contributed by atoms with E-state index in [2.05, 4.69) is 24.5 Å². The first-order valence-corrected chi connectivity index (χ1v) is 7.03. The van der Waals surface area contributed by atoms with Gasteiger partial charge in [0.15, 0.2) is 0 Å². The molecule has 2 N–H and O–H groups in total. The van der Waals surface area contributed by atoms with Crippen LogP contribution in [0.3, 0.4) is 0 Å². The third-order valence-corrected chi connectivity index (χ3v) is 3.02. The van der Waals surface area contributed by atoms with Crippen molar-refractivity contribution in [2.45, 2.75) is 84.0 Å². The first-order valence-electron chi connectivity index (χ1n) is 7.03. The molecule has 0 spiro atoms. The van der Waals surface area contributed by atoms with Crippen LogP contribution in [0.2, 0.25) is 0 Å². The fourth-order valence-electron chi connectivity index (χ4n) is 2.39. The second-order valence-electron chi connectivity index (χ2n) is 6.47. The minimum atomic E-state index is -0.431. The van der Waals surface area contributed by atoms with E-state index >= 15 is 0 Å². The molecule has 0 radical (unpaired) electrons. The number of nitrogens with one attached hydrogen (secondary N) is 2. The lowest BCUT2D eigenvalue weighted by Crippen LogP contribution is -2.54. The lowest BCUT2D eigenvalue weighted by atomic mass is 9.90. The Balaban J connectivity index is 2.48. The lowest BCUT2D eigenvalue weighted by molar-refractivity contribution is 0.0477. The van der Waals surface area contributed by atoms with Crippen LogP contribution >= 0.6 is 0 Å². The molecule has 0 heterocycles. The zero-order valence-corrected chi connectivity index (χ0v) is 12.4. The molecule has 2 atom stereocenters. The zero-order valence-electron chi connectivity index (χ0n) is 12.4. The largest absolute Gasteiger partial charge is 0.444 e. The second kappa shape index (κ2) is 6.41. The molecule has 0 bridgehead atoms. The highest BCUT2D eigenvalue weighted by Crippen LogP contribution is 2.19. The van der Waals surface area contributed by atoms with Crippen molar-refractivity contribution in [3.05, 3.63) is 0 Å². The van der Waals surface area contributed by atoms with Crippen molar-refractivity contribution in [3.63, 3.8) is 0 Å². The topological polar surface area (TPSA) is 50.4 Å². The Bertz CT molecular complexity index is 271. The lowest BCUT2D eigenvalue weighted by Gasteiger charge is -2.34. The van der Waals surface area contributed by atoms with E-state index in [1.165, 1.54) is 12.8 Å². The summed E-state index contributed by atoms with van der Waals surface area (Å²) >= 11 is 0. The van der Waals surface area contributed by atoms with Crippen LogP contribution in [0.4, 0.5) is 4.79 Å². The maximum Gasteiger partial charge on any atom is 0.407 e. The number of amides is 1. The molecule has 0 aromatic carbocycles. The number of carbonyl (C=O) groups is 1. The SMILES string of the molecule is CC(C)NC1CCCCC1NC(=O)OC(C)(C)C. The monoisotopic (exact) mass is 256 g/mol. The van der Waals surface area contributed by atoms with Gasteiger partial charge in [0.2, 0.25) is 0 Å². The summed E-state index contributed by atoms with van der Waals surface area (Å²) in [4.78, 5) is 11.8. The Labute approximate surface area is 111 Å². The van der Waals surface area contributed by atoms with Gasteiger partial charge in [-0.15, -0.1) is 0 Å². The molecule has 4 nitrogen and oxygen atoms in total. The second-order valence-corrected chi connectivity index (χ2v) is 6.47. The molecular formula is C14H28N2O2. The van der Waals surface area contributed by atoms with Crippen LogP contribution in [0.5, 0.6) is 0 Å². The van der Waals surface area contributed by atoms with Gasteiger partial charge in [0.1, 0.15) is 5.60 Å². The standard InChI is InChI=1S/C14H28N2O2/c1-10(2)15-11-8-6-7-9-12(11)16-13(17)18-14(3,4)5/h10-12,15H,6-9H2,1-5H3,(H,16,17). The predicted molar refractivity (Wildman–Crippen MR) is 73.7 cm³/mol. The molecule has 2 unspecified atom stereocenters. The van der Waals surface area contributed by atoms with Gasteiger partial charge in [-0.3, -0.25) is 0 Å². The molecule has 1 fully saturated rings. The van der Waals surface area contributed by atoms with E-state index in [1.54, 1.807) is 0 Å². The van der Waals surface area contributed by atoms with Gasteiger partial charge in [0, 0.05) is 18.1 Å². The quantitative estimate of drug-likeness (QED) is 0.816. The van der Waals surface area contributed by atoms with Crippen molar-refractivity contribution in [1.29, 1.82) is 0 Å². The number of alkyl carbamates (subject to hydrolysis) is 1. The maximum absolute atomic E-state index is 11.8. The Hall–Kier alpha value is -0.770. The molecule has 0 aromatic rings. The normalized spacial score (nSPS) is 25.0. The van der Waals surface area contributed by atoms with Crippen LogP contribution in [-0.2, 0) is 4.74 Å². The van der Waals surface area contributed by atoms with Crippen LogP contribution in [0.1, 0.15) is 60.3 Å². The molecular weight excluding hydrogens is 228 g/mol. The zero-order chi connectivity index (χ0) is 13.8. The third kappa shape index (κ3) is 5.71. The molecule has 1 saturated carbocycles. The summed E-state index contributed by atoms with van der Waals surface area (Å²) in [7, 11) is 0. The van der Waals surface area contributed by atoms with Gasteiger partial charge >= 0.3 is 6.09 Å². The number of hydrogen-bond donors (Lipinski definition) is 2. The van der Waals surface area contributed by atoms with Gasteiger partial charge < -0.3 is 15.4 Å². The predicted octanol–water partition coefficient (Wildman–Crippen LogP) is 2.82. The van der Waals surface area contributed by atoms with Crippen molar-refractivity contribution in [2.75, 3.05) is 0 Å². The summed E-state index contributed by atoms with van der Waals surface area (Å²) in [6.45, 7) is 9.93. The molecule has 4 heteroatoms. The van der Waals surface area contributed by atoms with Crippen molar-refractivity contribution in [2.24, 2.45) is 0 Å². The summed E-state index contributed by atoms with van der Waals surface area (Å²) in [6, 6.07) is 0.998.